The maximum atomic E-state index is 13.0. The maximum Gasteiger partial charge on any atom is 0.127 e. The zero-order chi connectivity index (χ0) is 12.0. The number of hydrogen-bond donors (Lipinski definition) is 1. The van der Waals surface area contributed by atoms with E-state index >= 15 is 0 Å². The molecular weight excluding hydrogens is 209 g/mol. The van der Waals surface area contributed by atoms with Crippen molar-refractivity contribution in [1.82, 2.24) is 4.90 Å². The van der Waals surface area contributed by atoms with Gasteiger partial charge in [-0.3, -0.25) is 0 Å². The Morgan fingerprint density at radius 1 is 1.38 bits per heavy atom. The van der Waals surface area contributed by atoms with Crippen molar-refractivity contribution in [3.05, 3.63) is 29.6 Å². The molecule has 0 spiro atoms. The minimum Gasteiger partial charge on any atom is -0.508 e. The normalized spacial score (nSPS) is 11.0. The first-order chi connectivity index (χ1) is 7.61. The van der Waals surface area contributed by atoms with Gasteiger partial charge in [-0.25, -0.2) is 4.39 Å². The molecule has 0 aliphatic carbocycles. The summed E-state index contributed by atoms with van der Waals surface area (Å²) < 4.78 is 17.9. The third-order valence-corrected chi connectivity index (χ3v) is 2.28. The number of benzene rings is 1. The summed E-state index contributed by atoms with van der Waals surface area (Å²) in [5.74, 6) is -0.430. The van der Waals surface area contributed by atoms with Crippen LogP contribution >= 0.6 is 0 Å². The van der Waals surface area contributed by atoms with Crippen LogP contribution in [0.2, 0.25) is 0 Å². The number of halogens is 1. The lowest BCUT2D eigenvalue weighted by Crippen LogP contribution is -2.20. The molecule has 0 saturated heterocycles. The van der Waals surface area contributed by atoms with Crippen LogP contribution in [0, 0.1) is 5.82 Å². The van der Waals surface area contributed by atoms with E-state index < -0.39 is 5.82 Å². The standard InChI is InChI=1S/C12H18FNO2/c1-14(4-3-5-16-2)9-10-6-11(13)8-12(15)7-10/h6-8,15H,3-5,9H2,1-2H3. The fourth-order valence-corrected chi connectivity index (χ4v) is 1.59. The minimum absolute atomic E-state index is 0.0275. The molecule has 0 radical (unpaired) electrons. The van der Waals surface area contributed by atoms with Gasteiger partial charge in [0.1, 0.15) is 11.6 Å². The third kappa shape index (κ3) is 4.59. The van der Waals surface area contributed by atoms with E-state index in [9.17, 15) is 9.50 Å². The van der Waals surface area contributed by atoms with Crippen LogP contribution in [-0.4, -0.2) is 37.3 Å². The molecule has 1 N–H and O–H groups in total. The molecule has 0 aromatic heterocycles. The van der Waals surface area contributed by atoms with Crippen molar-refractivity contribution in [2.24, 2.45) is 0 Å². The average Bonchev–Trinajstić information content (AvgIpc) is 2.16. The van der Waals surface area contributed by atoms with E-state index in [4.69, 9.17) is 4.74 Å². The lowest BCUT2D eigenvalue weighted by molar-refractivity contribution is 0.178. The molecule has 4 heteroatoms. The van der Waals surface area contributed by atoms with Gasteiger partial charge in [0.15, 0.2) is 0 Å². The number of rotatable bonds is 6. The molecule has 3 nitrogen and oxygen atoms in total. The average molecular weight is 227 g/mol. The summed E-state index contributed by atoms with van der Waals surface area (Å²) >= 11 is 0. The van der Waals surface area contributed by atoms with Crippen LogP contribution in [0.4, 0.5) is 4.39 Å². The smallest absolute Gasteiger partial charge is 0.127 e. The van der Waals surface area contributed by atoms with Crippen LogP contribution in [0.1, 0.15) is 12.0 Å². The number of nitrogens with zero attached hydrogens (tertiary/aromatic N) is 1. The molecule has 0 bridgehead atoms. The summed E-state index contributed by atoms with van der Waals surface area (Å²) in [4.78, 5) is 2.06. The number of hydrogen-bond acceptors (Lipinski definition) is 3. The Morgan fingerprint density at radius 3 is 2.75 bits per heavy atom. The molecule has 0 atom stereocenters. The molecule has 0 fully saturated rings. The number of methoxy groups -OCH3 is 1. The van der Waals surface area contributed by atoms with Crippen molar-refractivity contribution in [3.63, 3.8) is 0 Å². The third-order valence-electron chi connectivity index (χ3n) is 2.28. The van der Waals surface area contributed by atoms with Gasteiger partial charge in [-0.05, 0) is 31.2 Å². The minimum atomic E-state index is -0.403. The highest BCUT2D eigenvalue weighted by Gasteiger charge is 2.03. The summed E-state index contributed by atoms with van der Waals surface area (Å²) in [6.07, 6.45) is 0.939. The van der Waals surface area contributed by atoms with Crippen molar-refractivity contribution < 1.29 is 14.2 Å². The highest BCUT2D eigenvalue weighted by atomic mass is 19.1. The second kappa shape index (κ2) is 6.45. The molecule has 1 aromatic rings. The fraction of sp³-hybridized carbons (Fsp3) is 0.500. The van der Waals surface area contributed by atoms with E-state index in [0.29, 0.717) is 6.54 Å². The predicted octanol–water partition coefficient (Wildman–Crippen LogP) is 2.00. The van der Waals surface area contributed by atoms with E-state index in [2.05, 4.69) is 4.90 Å². The van der Waals surface area contributed by atoms with E-state index in [-0.39, 0.29) is 5.75 Å². The van der Waals surface area contributed by atoms with Gasteiger partial charge in [-0.15, -0.1) is 0 Å². The molecule has 0 aliphatic heterocycles. The first-order valence-corrected chi connectivity index (χ1v) is 5.27. The van der Waals surface area contributed by atoms with Gasteiger partial charge < -0.3 is 14.7 Å². The van der Waals surface area contributed by atoms with Crippen molar-refractivity contribution in [2.45, 2.75) is 13.0 Å². The van der Waals surface area contributed by atoms with Gasteiger partial charge in [0.25, 0.3) is 0 Å². The molecule has 16 heavy (non-hydrogen) atoms. The summed E-state index contributed by atoms with van der Waals surface area (Å²) in [7, 11) is 3.63. The van der Waals surface area contributed by atoms with Gasteiger partial charge >= 0.3 is 0 Å². The maximum absolute atomic E-state index is 13.0. The molecule has 0 amide bonds. The Kier molecular flexibility index (Phi) is 5.22. The number of phenolic OH excluding ortho intramolecular Hbond substituents is 1. The lowest BCUT2D eigenvalue weighted by atomic mass is 10.2. The zero-order valence-corrected chi connectivity index (χ0v) is 9.74. The van der Waals surface area contributed by atoms with Crippen LogP contribution in [0.3, 0.4) is 0 Å². The molecule has 0 aliphatic rings. The summed E-state index contributed by atoms with van der Waals surface area (Å²) in [6.45, 7) is 2.22. The topological polar surface area (TPSA) is 32.7 Å². The Labute approximate surface area is 95.5 Å². The second-order valence-electron chi connectivity index (χ2n) is 3.90. The molecule has 0 heterocycles. The fourth-order valence-electron chi connectivity index (χ4n) is 1.59. The molecule has 1 aromatic carbocycles. The largest absolute Gasteiger partial charge is 0.508 e. The first-order valence-electron chi connectivity index (χ1n) is 5.27. The quantitative estimate of drug-likeness (QED) is 0.754. The summed E-state index contributed by atoms with van der Waals surface area (Å²) in [6, 6.07) is 4.12. The number of ether oxygens (including phenoxy) is 1. The Bertz CT molecular complexity index is 311. The highest BCUT2D eigenvalue weighted by Crippen LogP contribution is 2.15. The van der Waals surface area contributed by atoms with Crippen molar-refractivity contribution in [3.8, 4) is 5.75 Å². The first kappa shape index (κ1) is 12.9. The molecule has 0 unspecified atom stereocenters. The highest BCUT2D eigenvalue weighted by molar-refractivity contribution is 5.28. The zero-order valence-electron chi connectivity index (χ0n) is 9.74. The van der Waals surface area contributed by atoms with Gasteiger partial charge in [-0.2, -0.15) is 0 Å². The van der Waals surface area contributed by atoms with Gasteiger partial charge in [0.2, 0.25) is 0 Å². The van der Waals surface area contributed by atoms with Gasteiger partial charge in [0, 0.05) is 32.9 Å². The van der Waals surface area contributed by atoms with E-state index in [0.717, 1.165) is 31.2 Å². The Balaban J connectivity index is 2.45. The number of phenols is 1. The Morgan fingerprint density at radius 2 is 2.12 bits per heavy atom. The summed E-state index contributed by atoms with van der Waals surface area (Å²) in [5.41, 5.74) is 0.775. The van der Waals surface area contributed by atoms with E-state index in [1.807, 2.05) is 7.05 Å². The van der Waals surface area contributed by atoms with E-state index in [1.54, 1.807) is 13.2 Å². The molecular formula is C12H18FNO2. The lowest BCUT2D eigenvalue weighted by Gasteiger charge is -2.16. The number of aromatic hydroxyl groups is 1. The monoisotopic (exact) mass is 227 g/mol. The van der Waals surface area contributed by atoms with Crippen LogP contribution < -0.4 is 0 Å². The SMILES string of the molecule is COCCCN(C)Cc1cc(O)cc(F)c1. The van der Waals surface area contributed by atoms with E-state index in [1.165, 1.54) is 6.07 Å². The predicted molar refractivity (Wildman–Crippen MR) is 60.9 cm³/mol. The molecule has 90 valence electrons. The van der Waals surface area contributed by atoms with Crippen molar-refractivity contribution >= 4 is 0 Å². The molecule has 1 rings (SSSR count). The van der Waals surface area contributed by atoms with Crippen molar-refractivity contribution in [1.29, 1.82) is 0 Å². The second-order valence-corrected chi connectivity index (χ2v) is 3.90. The van der Waals surface area contributed by atoms with Crippen LogP contribution in [-0.2, 0) is 11.3 Å². The van der Waals surface area contributed by atoms with Crippen molar-refractivity contribution in [2.75, 3.05) is 27.3 Å². The van der Waals surface area contributed by atoms with Crippen LogP contribution in [0.5, 0.6) is 5.75 Å². The van der Waals surface area contributed by atoms with Gasteiger partial charge in [-0.1, -0.05) is 0 Å². The Hall–Kier alpha value is -1.13. The van der Waals surface area contributed by atoms with Crippen LogP contribution in [0.15, 0.2) is 18.2 Å². The summed E-state index contributed by atoms with van der Waals surface area (Å²) in [5, 5.41) is 9.24. The van der Waals surface area contributed by atoms with Gasteiger partial charge in [0.05, 0.1) is 0 Å². The van der Waals surface area contributed by atoms with Crippen LogP contribution in [0.25, 0.3) is 0 Å². The molecule has 0 saturated carbocycles.